The van der Waals surface area contributed by atoms with E-state index in [1.165, 1.54) is 0 Å². The van der Waals surface area contributed by atoms with Crippen LogP contribution in [0.1, 0.15) is 38.2 Å². The van der Waals surface area contributed by atoms with Crippen molar-refractivity contribution < 1.29 is 14.3 Å². The predicted octanol–water partition coefficient (Wildman–Crippen LogP) is 3.94. The number of ether oxygens (including phenoxy) is 1. The van der Waals surface area contributed by atoms with Crippen LogP contribution in [-0.2, 0) is 9.59 Å². The number of amides is 1. The van der Waals surface area contributed by atoms with Crippen LogP contribution in [0.25, 0.3) is 0 Å². The molecule has 0 spiro atoms. The van der Waals surface area contributed by atoms with E-state index in [-0.39, 0.29) is 17.6 Å². The Hall–Kier alpha value is -3.41. The first kappa shape index (κ1) is 19.9. The lowest BCUT2D eigenvalue weighted by Crippen LogP contribution is -2.37. The standard InChI is InChI=1S/C24H25N3O3/c1-14-11-18-23(19(28)12-14)22(16-7-6-8-17(13-16)30-3)21(15(2)26-18)24(29)27-20-9-4-5-10-25-20/h4-10,13-14,22,26H,11-12H2,1-3H3,(H,25,27,29)/t14-,22+/m0/s1. The van der Waals surface area contributed by atoms with Crippen LogP contribution in [-0.4, -0.2) is 23.8 Å². The fourth-order valence-corrected chi connectivity index (χ4v) is 4.31. The van der Waals surface area contributed by atoms with Gasteiger partial charge in [-0.1, -0.05) is 25.1 Å². The molecule has 0 saturated carbocycles. The van der Waals surface area contributed by atoms with E-state index in [2.05, 4.69) is 22.5 Å². The number of methoxy groups -OCH3 is 1. The molecule has 1 aliphatic carbocycles. The van der Waals surface area contributed by atoms with E-state index in [1.807, 2.05) is 37.3 Å². The molecule has 1 aliphatic heterocycles. The van der Waals surface area contributed by atoms with Crippen molar-refractivity contribution in [1.82, 2.24) is 10.3 Å². The Morgan fingerprint density at radius 3 is 2.77 bits per heavy atom. The molecule has 0 fully saturated rings. The van der Waals surface area contributed by atoms with Gasteiger partial charge in [-0.3, -0.25) is 9.59 Å². The zero-order chi connectivity index (χ0) is 21.3. The number of carbonyl (C=O) groups excluding carboxylic acids is 2. The summed E-state index contributed by atoms with van der Waals surface area (Å²) in [6.45, 7) is 3.96. The summed E-state index contributed by atoms with van der Waals surface area (Å²) >= 11 is 0. The van der Waals surface area contributed by atoms with Gasteiger partial charge in [0.2, 0.25) is 0 Å². The molecule has 0 radical (unpaired) electrons. The van der Waals surface area contributed by atoms with Gasteiger partial charge in [0.25, 0.3) is 5.91 Å². The maximum Gasteiger partial charge on any atom is 0.255 e. The van der Waals surface area contributed by atoms with Gasteiger partial charge >= 0.3 is 0 Å². The molecule has 0 unspecified atom stereocenters. The molecule has 4 rings (SSSR count). The Morgan fingerprint density at radius 1 is 1.20 bits per heavy atom. The van der Waals surface area contributed by atoms with E-state index in [9.17, 15) is 9.59 Å². The predicted molar refractivity (Wildman–Crippen MR) is 115 cm³/mol. The summed E-state index contributed by atoms with van der Waals surface area (Å²) in [6.07, 6.45) is 2.89. The summed E-state index contributed by atoms with van der Waals surface area (Å²) in [5, 5.41) is 6.23. The van der Waals surface area contributed by atoms with Crippen molar-refractivity contribution in [2.75, 3.05) is 12.4 Å². The van der Waals surface area contributed by atoms with Crippen LogP contribution in [0, 0.1) is 5.92 Å². The van der Waals surface area contributed by atoms with Crippen molar-refractivity contribution in [1.29, 1.82) is 0 Å². The van der Waals surface area contributed by atoms with Crippen molar-refractivity contribution in [2.45, 2.75) is 32.6 Å². The molecular weight excluding hydrogens is 378 g/mol. The van der Waals surface area contributed by atoms with Crippen molar-refractivity contribution in [3.63, 3.8) is 0 Å². The average Bonchev–Trinajstić information content (AvgIpc) is 2.73. The first-order valence-electron chi connectivity index (χ1n) is 10.1. The molecule has 6 heteroatoms. The first-order chi connectivity index (χ1) is 14.5. The van der Waals surface area contributed by atoms with Gasteiger partial charge in [-0.15, -0.1) is 0 Å². The minimum absolute atomic E-state index is 0.0831. The fraction of sp³-hybridized carbons (Fsp3) is 0.292. The highest BCUT2D eigenvalue weighted by molar-refractivity contribution is 6.09. The molecular formula is C24H25N3O3. The number of carbonyl (C=O) groups is 2. The molecule has 1 aromatic carbocycles. The molecule has 0 saturated heterocycles. The molecule has 154 valence electrons. The number of nitrogens with zero attached hydrogens (tertiary/aromatic N) is 1. The summed E-state index contributed by atoms with van der Waals surface area (Å²) < 4.78 is 5.40. The van der Waals surface area contributed by atoms with Crippen molar-refractivity contribution in [3.05, 3.63) is 76.8 Å². The van der Waals surface area contributed by atoms with Crippen LogP contribution < -0.4 is 15.4 Å². The number of aromatic nitrogens is 1. The second kappa shape index (κ2) is 8.14. The summed E-state index contributed by atoms with van der Waals surface area (Å²) in [4.78, 5) is 30.7. The molecule has 2 atom stereocenters. The quantitative estimate of drug-likeness (QED) is 0.808. The number of hydrogen-bond acceptors (Lipinski definition) is 5. The third kappa shape index (κ3) is 3.73. The van der Waals surface area contributed by atoms with Crippen LogP contribution >= 0.6 is 0 Å². The average molecular weight is 403 g/mol. The SMILES string of the molecule is COc1cccc([C@@H]2C(C(=O)Nc3ccccn3)=C(C)NC3=C2C(=O)C[C@@H](C)C3)c1. The lowest BCUT2D eigenvalue weighted by molar-refractivity contribution is -0.117. The summed E-state index contributed by atoms with van der Waals surface area (Å²) in [6, 6.07) is 12.9. The van der Waals surface area contributed by atoms with Crippen molar-refractivity contribution >= 4 is 17.5 Å². The monoisotopic (exact) mass is 403 g/mol. The number of hydrogen-bond donors (Lipinski definition) is 2. The molecule has 2 aromatic rings. The van der Waals surface area contributed by atoms with Gasteiger partial charge in [0.15, 0.2) is 5.78 Å². The number of allylic oxidation sites excluding steroid dienone is 3. The van der Waals surface area contributed by atoms with Gasteiger partial charge in [0, 0.05) is 41.1 Å². The van der Waals surface area contributed by atoms with Crippen LogP contribution in [0.5, 0.6) is 5.75 Å². The maximum absolute atomic E-state index is 13.3. The number of rotatable bonds is 4. The number of ketones is 1. The third-order valence-electron chi connectivity index (χ3n) is 5.61. The molecule has 1 aromatic heterocycles. The van der Waals surface area contributed by atoms with Gasteiger partial charge in [0.1, 0.15) is 11.6 Å². The Bertz CT molecular complexity index is 1060. The fourth-order valence-electron chi connectivity index (χ4n) is 4.31. The highest BCUT2D eigenvalue weighted by Gasteiger charge is 2.40. The zero-order valence-corrected chi connectivity index (χ0v) is 17.4. The summed E-state index contributed by atoms with van der Waals surface area (Å²) in [5.41, 5.74) is 3.72. The number of pyridine rings is 1. The smallest absolute Gasteiger partial charge is 0.255 e. The topological polar surface area (TPSA) is 80.3 Å². The lowest BCUT2D eigenvalue weighted by Gasteiger charge is -2.36. The molecule has 0 bridgehead atoms. The second-order valence-corrected chi connectivity index (χ2v) is 7.87. The number of benzene rings is 1. The number of anilines is 1. The van der Waals surface area contributed by atoms with Crippen LogP contribution in [0.15, 0.2) is 71.2 Å². The van der Waals surface area contributed by atoms with Crippen LogP contribution in [0.4, 0.5) is 5.82 Å². The Labute approximate surface area is 176 Å². The minimum atomic E-state index is -0.458. The van der Waals surface area contributed by atoms with Gasteiger partial charge in [-0.25, -0.2) is 4.98 Å². The van der Waals surface area contributed by atoms with Gasteiger partial charge in [-0.2, -0.15) is 0 Å². The second-order valence-electron chi connectivity index (χ2n) is 7.87. The lowest BCUT2D eigenvalue weighted by atomic mass is 9.73. The Morgan fingerprint density at radius 2 is 2.03 bits per heavy atom. The van der Waals surface area contributed by atoms with Gasteiger partial charge < -0.3 is 15.4 Å². The van der Waals surface area contributed by atoms with E-state index in [0.717, 1.165) is 23.4 Å². The van der Waals surface area contributed by atoms with E-state index < -0.39 is 5.92 Å². The van der Waals surface area contributed by atoms with E-state index in [1.54, 1.807) is 25.4 Å². The normalized spacial score (nSPS) is 21.1. The molecule has 6 nitrogen and oxygen atoms in total. The largest absolute Gasteiger partial charge is 0.497 e. The van der Waals surface area contributed by atoms with Gasteiger partial charge in [0.05, 0.1) is 7.11 Å². The van der Waals surface area contributed by atoms with Crippen molar-refractivity contribution in [3.8, 4) is 5.75 Å². The highest BCUT2D eigenvalue weighted by atomic mass is 16.5. The van der Waals surface area contributed by atoms with Crippen LogP contribution in [0.2, 0.25) is 0 Å². The molecule has 1 amide bonds. The Balaban J connectivity index is 1.81. The highest BCUT2D eigenvalue weighted by Crippen LogP contribution is 2.44. The minimum Gasteiger partial charge on any atom is -0.497 e. The van der Waals surface area contributed by atoms with Gasteiger partial charge in [-0.05, 0) is 49.1 Å². The van der Waals surface area contributed by atoms with E-state index >= 15 is 0 Å². The number of Topliss-reactive ketones (excluding diaryl/α,β-unsaturated/α-hetero) is 1. The molecule has 2 heterocycles. The molecule has 2 N–H and O–H groups in total. The number of nitrogens with one attached hydrogen (secondary N) is 2. The zero-order valence-electron chi connectivity index (χ0n) is 17.4. The van der Waals surface area contributed by atoms with Crippen LogP contribution in [0.3, 0.4) is 0 Å². The number of dihydropyridines is 1. The van der Waals surface area contributed by atoms with E-state index in [0.29, 0.717) is 29.1 Å². The third-order valence-corrected chi connectivity index (χ3v) is 5.61. The van der Waals surface area contributed by atoms with Crippen molar-refractivity contribution in [2.24, 2.45) is 5.92 Å². The summed E-state index contributed by atoms with van der Waals surface area (Å²) in [5.74, 6) is 0.776. The van der Waals surface area contributed by atoms with E-state index in [4.69, 9.17) is 4.74 Å². The Kier molecular flexibility index (Phi) is 5.40. The molecule has 30 heavy (non-hydrogen) atoms. The molecule has 2 aliphatic rings. The summed E-state index contributed by atoms with van der Waals surface area (Å²) in [7, 11) is 1.61. The maximum atomic E-state index is 13.3. The first-order valence-corrected chi connectivity index (χ1v) is 10.1.